The average molecular weight is 208 g/mol. The predicted octanol–water partition coefficient (Wildman–Crippen LogP) is 1.28. The number of hydrogen-bond acceptors (Lipinski definition) is 3. The van der Waals surface area contributed by atoms with Crippen molar-refractivity contribution in [2.24, 2.45) is 7.05 Å². The van der Waals surface area contributed by atoms with E-state index in [1.807, 2.05) is 18.7 Å². The molecule has 2 rings (SSSR count). The zero-order valence-corrected chi connectivity index (χ0v) is 9.80. The van der Waals surface area contributed by atoms with E-state index in [9.17, 15) is 0 Å². The van der Waals surface area contributed by atoms with Crippen LogP contribution >= 0.6 is 0 Å². The van der Waals surface area contributed by atoms with Gasteiger partial charge in [0.1, 0.15) is 5.82 Å². The SMILES string of the molecule is Cc1cc(NCC2(C)CCCN2)n(C)n1. The first kappa shape index (κ1) is 10.5. The van der Waals surface area contributed by atoms with Crippen molar-refractivity contribution in [3.63, 3.8) is 0 Å². The summed E-state index contributed by atoms with van der Waals surface area (Å²) in [6.07, 6.45) is 2.53. The van der Waals surface area contributed by atoms with E-state index < -0.39 is 0 Å². The highest BCUT2D eigenvalue weighted by molar-refractivity contribution is 5.37. The van der Waals surface area contributed by atoms with Crippen LogP contribution in [0, 0.1) is 6.92 Å². The summed E-state index contributed by atoms with van der Waals surface area (Å²) in [5.74, 6) is 1.10. The maximum atomic E-state index is 4.31. The van der Waals surface area contributed by atoms with E-state index in [0.29, 0.717) is 0 Å². The molecule has 1 aromatic heterocycles. The van der Waals surface area contributed by atoms with E-state index in [2.05, 4.69) is 28.7 Å². The van der Waals surface area contributed by atoms with Gasteiger partial charge in [-0.15, -0.1) is 0 Å². The molecule has 2 heterocycles. The molecule has 1 saturated heterocycles. The lowest BCUT2D eigenvalue weighted by atomic mass is 10.0. The van der Waals surface area contributed by atoms with Gasteiger partial charge in [-0.05, 0) is 33.2 Å². The van der Waals surface area contributed by atoms with Gasteiger partial charge in [0.25, 0.3) is 0 Å². The maximum absolute atomic E-state index is 4.31. The molecule has 84 valence electrons. The number of anilines is 1. The number of hydrogen-bond donors (Lipinski definition) is 2. The molecular weight excluding hydrogens is 188 g/mol. The molecule has 0 aliphatic carbocycles. The van der Waals surface area contributed by atoms with E-state index in [1.165, 1.54) is 12.8 Å². The van der Waals surface area contributed by atoms with Crippen LogP contribution in [-0.4, -0.2) is 28.4 Å². The fourth-order valence-electron chi connectivity index (χ4n) is 2.17. The summed E-state index contributed by atoms with van der Waals surface area (Å²) in [6, 6.07) is 2.08. The lowest BCUT2D eigenvalue weighted by Gasteiger charge is -2.25. The lowest BCUT2D eigenvalue weighted by Crippen LogP contribution is -2.43. The third-order valence-corrected chi connectivity index (χ3v) is 3.12. The summed E-state index contributed by atoms with van der Waals surface area (Å²) < 4.78 is 1.90. The first-order valence-corrected chi connectivity index (χ1v) is 5.59. The standard InChI is InChI=1S/C11H20N4/c1-9-7-10(15(3)14-9)12-8-11(2)5-4-6-13-11/h7,12-13H,4-6,8H2,1-3H3. The number of nitrogens with zero attached hydrogens (tertiary/aromatic N) is 2. The van der Waals surface area contributed by atoms with Gasteiger partial charge in [0.05, 0.1) is 5.69 Å². The Bertz CT molecular complexity index is 336. The highest BCUT2D eigenvalue weighted by Gasteiger charge is 2.27. The van der Waals surface area contributed by atoms with E-state index in [0.717, 1.165) is 24.6 Å². The zero-order valence-electron chi connectivity index (χ0n) is 9.80. The van der Waals surface area contributed by atoms with Crippen LogP contribution in [0.4, 0.5) is 5.82 Å². The minimum Gasteiger partial charge on any atom is -0.368 e. The fraction of sp³-hybridized carbons (Fsp3) is 0.727. The van der Waals surface area contributed by atoms with Gasteiger partial charge in [-0.3, -0.25) is 4.68 Å². The van der Waals surface area contributed by atoms with Crippen LogP contribution in [-0.2, 0) is 7.05 Å². The molecule has 0 aromatic carbocycles. The molecule has 0 spiro atoms. The van der Waals surface area contributed by atoms with Gasteiger partial charge in [0.2, 0.25) is 0 Å². The summed E-state index contributed by atoms with van der Waals surface area (Å²) >= 11 is 0. The van der Waals surface area contributed by atoms with Crippen LogP contribution in [0.15, 0.2) is 6.07 Å². The predicted molar refractivity (Wildman–Crippen MR) is 62.1 cm³/mol. The van der Waals surface area contributed by atoms with Crippen molar-refractivity contribution in [1.82, 2.24) is 15.1 Å². The molecule has 15 heavy (non-hydrogen) atoms. The third-order valence-electron chi connectivity index (χ3n) is 3.12. The molecule has 1 fully saturated rings. The lowest BCUT2D eigenvalue weighted by molar-refractivity contribution is 0.437. The largest absolute Gasteiger partial charge is 0.368 e. The van der Waals surface area contributed by atoms with Crippen molar-refractivity contribution < 1.29 is 0 Å². The Balaban J connectivity index is 1.95. The van der Waals surface area contributed by atoms with Crippen molar-refractivity contribution in [3.8, 4) is 0 Å². The summed E-state index contributed by atoms with van der Waals surface area (Å²) in [5.41, 5.74) is 1.31. The van der Waals surface area contributed by atoms with Gasteiger partial charge in [-0.1, -0.05) is 0 Å². The molecular formula is C11H20N4. The summed E-state index contributed by atoms with van der Waals surface area (Å²) in [4.78, 5) is 0. The smallest absolute Gasteiger partial charge is 0.124 e. The molecule has 0 bridgehead atoms. The maximum Gasteiger partial charge on any atom is 0.124 e. The second kappa shape index (κ2) is 3.85. The van der Waals surface area contributed by atoms with Crippen LogP contribution in [0.1, 0.15) is 25.5 Å². The van der Waals surface area contributed by atoms with Gasteiger partial charge in [-0.25, -0.2) is 0 Å². The third kappa shape index (κ3) is 2.31. The molecule has 0 radical (unpaired) electrons. The quantitative estimate of drug-likeness (QED) is 0.786. The van der Waals surface area contributed by atoms with Crippen LogP contribution in [0.25, 0.3) is 0 Å². The van der Waals surface area contributed by atoms with E-state index in [1.54, 1.807) is 0 Å². The average Bonchev–Trinajstić information content (AvgIpc) is 2.71. The number of aryl methyl sites for hydroxylation is 2. The van der Waals surface area contributed by atoms with Gasteiger partial charge in [-0.2, -0.15) is 5.10 Å². The van der Waals surface area contributed by atoms with E-state index in [-0.39, 0.29) is 5.54 Å². The minimum atomic E-state index is 0.248. The normalized spacial score (nSPS) is 25.8. The molecule has 4 heteroatoms. The van der Waals surface area contributed by atoms with Crippen LogP contribution in [0.3, 0.4) is 0 Å². The van der Waals surface area contributed by atoms with Gasteiger partial charge >= 0.3 is 0 Å². The number of rotatable bonds is 3. The van der Waals surface area contributed by atoms with Crippen molar-refractivity contribution in [3.05, 3.63) is 11.8 Å². The van der Waals surface area contributed by atoms with Crippen LogP contribution < -0.4 is 10.6 Å². The molecule has 0 saturated carbocycles. The highest BCUT2D eigenvalue weighted by atomic mass is 15.3. The summed E-state index contributed by atoms with van der Waals surface area (Å²) in [6.45, 7) is 6.39. The Hall–Kier alpha value is -1.03. The van der Waals surface area contributed by atoms with Crippen molar-refractivity contribution >= 4 is 5.82 Å². The Morgan fingerprint density at radius 1 is 1.67 bits per heavy atom. The van der Waals surface area contributed by atoms with E-state index >= 15 is 0 Å². The Morgan fingerprint density at radius 2 is 2.47 bits per heavy atom. The minimum absolute atomic E-state index is 0.248. The number of aromatic nitrogens is 2. The van der Waals surface area contributed by atoms with Gasteiger partial charge in [0.15, 0.2) is 0 Å². The van der Waals surface area contributed by atoms with Gasteiger partial charge in [0, 0.05) is 25.2 Å². The summed E-state index contributed by atoms with van der Waals surface area (Å²) in [5, 5.41) is 11.3. The molecule has 2 N–H and O–H groups in total. The Kier molecular flexibility index (Phi) is 2.69. The first-order valence-electron chi connectivity index (χ1n) is 5.59. The van der Waals surface area contributed by atoms with Crippen LogP contribution in [0.2, 0.25) is 0 Å². The molecule has 1 aliphatic heterocycles. The van der Waals surface area contributed by atoms with Crippen LogP contribution in [0.5, 0.6) is 0 Å². The molecule has 1 aliphatic rings. The van der Waals surface area contributed by atoms with Crippen molar-refractivity contribution in [1.29, 1.82) is 0 Å². The Morgan fingerprint density at radius 3 is 3.00 bits per heavy atom. The topological polar surface area (TPSA) is 41.9 Å². The summed E-state index contributed by atoms with van der Waals surface area (Å²) in [7, 11) is 1.97. The molecule has 0 amide bonds. The second-order valence-corrected chi connectivity index (χ2v) is 4.74. The first-order chi connectivity index (χ1) is 7.09. The monoisotopic (exact) mass is 208 g/mol. The van der Waals surface area contributed by atoms with Crippen molar-refractivity contribution in [2.45, 2.75) is 32.2 Å². The zero-order chi connectivity index (χ0) is 10.9. The number of nitrogens with one attached hydrogen (secondary N) is 2. The molecule has 1 aromatic rings. The Labute approximate surface area is 91.1 Å². The van der Waals surface area contributed by atoms with E-state index in [4.69, 9.17) is 0 Å². The van der Waals surface area contributed by atoms with Gasteiger partial charge < -0.3 is 10.6 Å². The molecule has 4 nitrogen and oxygen atoms in total. The molecule has 1 unspecified atom stereocenters. The second-order valence-electron chi connectivity index (χ2n) is 4.74. The van der Waals surface area contributed by atoms with Crippen molar-refractivity contribution in [2.75, 3.05) is 18.4 Å². The highest BCUT2D eigenvalue weighted by Crippen LogP contribution is 2.19. The fourth-order valence-corrected chi connectivity index (χ4v) is 2.17. The molecule has 1 atom stereocenters.